The van der Waals surface area contributed by atoms with Crippen LogP contribution < -0.4 is 5.73 Å². The van der Waals surface area contributed by atoms with E-state index in [1.807, 2.05) is 20.8 Å². The smallest absolute Gasteiger partial charge is 0.244 e. The highest BCUT2D eigenvalue weighted by molar-refractivity contribution is 7.89. The van der Waals surface area contributed by atoms with Gasteiger partial charge in [-0.1, -0.05) is 18.5 Å². The molecule has 19 heavy (non-hydrogen) atoms. The number of hydrogen-bond acceptors (Lipinski definition) is 3. The van der Waals surface area contributed by atoms with Crippen LogP contribution >= 0.6 is 11.6 Å². The molecule has 0 heterocycles. The monoisotopic (exact) mass is 304 g/mol. The van der Waals surface area contributed by atoms with E-state index in [2.05, 4.69) is 0 Å². The summed E-state index contributed by atoms with van der Waals surface area (Å²) in [7, 11) is -3.61. The molecular formula is C13H21ClN2O2S. The molecule has 0 bridgehead atoms. The van der Waals surface area contributed by atoms with Crippen molar-refractivity contribution in [1.82, 2.24) is 4.31 Å². The highest BCUT2D eigenvalue weighted by Crippen LogP contribution is 2.30. The number of benzene rings is 1. The zero-order chi connectivity index (χ0) is 14.8. The van der Waals surface area contributed by atoms with Crippen molar-refractivity contribution in [3.8, 4) is 0 Å². The van der Waals surface area contributed by atoms with Crippen molar-refractivity contribution in [2.75, 3.05) is 12.3 Å². The van der Waals surface area contributed by atoms with E-state index in [-0.39, 0.29) is 16.0 Å². The van der Waals surface area contributed by atoms with Gasteiger partial charge in [-0.3, -0.25) is 0 Å². The van der Waals surface area contributed by atoms with Gasteiger partial charge in [-0.2, -0.15) is 4.31 Å². The van der Waals surface area contributed by atoms with Crippen molar-refractivity contribution < 1.29 is 8.42 Å². The van der Waals surface area contributed by atoms with Crippen LogP contribution in [0.3, 0.4) is 0 Å². The molecule has 0 aliphatic carbocycles. The third-order valence-electron chi connectivity index (χ3n) is 2.93. The van der Waals surface area contributed by atoms with Gasteiger partial charge >= 0.3 is 0 Å². The highest BCUT2D eigenvalue weighted by atomic mass is 35.5. The Morgan fingerprint density at radius 1 is 1.37 bits per heavy atom. The van der Waals surface area contributed by atoms with E-state index < -0.39 is 10.0 Å². The van der Waals surface area contributed by atoms with Crippen LogP contribution in [0.25, 0.3) is 0 Å². The lowest BCUT2D eigenvalue weighted by Gasteiger charge is -2.26. The van der Waals surface area contributed by atoms with Crippen molar-refractivity contribution in [3.05, 3.63) is 22.7 Å². The largest absolute Gasteiger partial charge is 0.398 e. The first-order chi connectivity index (χ1) is 8.71. The number of nitrogen functional groups attached to an aromatic ring is 1. The molecule has 0 fully saturated rings. The topological polar surface area (TPSA) is 63.4 Å². The van der Waals surface area contributed by atoms with Crippen LogP contribution in [0.4, 0.5) is 5.69 Å². The van der Waals surface area contributed by atoms with E-state index in [1.54, 1.807) is 13.0 Å². The third kappa shape index (κ3) is 3.41. The van der Waals surface area contributed by atoms with Gasteiger partial charge in [0.15, 0.2) is 0 Å². The molecule has 0 radical (unpaired) electrons. The number of sulfonamides is 1. The molecule has 0 unspecified atom stereocenters. The zero-order valence-corrected chi connectivity index (χ0v) is 13.3. The Kier molecular flexibility index (Phi) is 5.24. The standard InChI is InChI=1S/C13H21ClN2O2S/c1-5-6-16(9(2)3)19(17,18)13-8-12(15)10(4)7-11(13)14/h7-9H,5-6,15H2,1-4H3. The molecule has 0 saturated carbocycles. The Morgan fingerprint density at radius 3 is 2.42 bits per heavy atom. The quantitative estimate of drug-likeness (QED) is 0.850. The molecule has 1 aromatic carbocycles. The summed E-state index contributed by atoms with van der Waals surface area (Å²) in [6.07, 6.45) is 0.746. The maximum Gasteiger partial charge on any atom is 0.244 e. The van der Waals surface area contributed by atoms with Crippen molar-refractivity contribution in [2.45, 2.75) is 45.1 Å². The van der Waals surface area contributed by atoms with Gasteiger partial charge in [-0.15, -0.1) is 0 Å². The van der Waals surface area contributed by atoms with Crippen LogP contribution in [-0.2, 0) is 10.0 Å². The van der Waals surface area contributed by atoms with Crippen LogP contribution in [0.5, 0.6) is 0 Å². The molecule has 0 atom stereocenters. The van der Waals surface area contributed by atoms with Crippen LogP contribution in [0, 0.1) is 6.92 Å². The number of hydrogen-bond donors (Lipinski definition) is 1. The minimum atomic E-state index is -3.61. The van der Waals surface area contributed by atoms with Crippen LogP contribution in [0.2, 0.25) is 5.02 Å². The number of rotatable bonds is 5. The van der Waals surface area contributed by atoms with Gasteiger partial charge in [0.1, 0.15) is 4.90 Å². The summed E-state index contributed by atoms with van der Waals surface area (Å²) >= 11 is 6.07. The molecule has 108 valence electrons. The van der Waals surface area contributed by atoms with E-state index >= 15 is 0 Å². The summed E-state index contributed by atoms with van der Waals surface area (Å²) in [6.45, 7) is 7.89. The summed E-state index contributed by atoms with van der Waals surface area (Å²) in [5, 5.41) is 0.216. The Hall–Kier alpha value is -0.780. The molecular weight excluding hydrogens is 284 g/mol. The van der Waals surface area contributed by atoms with Gasteiger partial charge in [0.05, 0.1) is 5.02 Å². The number of halogens is 1. The minimum absolute atomic E-state index is 0.0828. The average molecular weight is 305 g/mol. The Labute approximate surface area is 120 Å². The first-order valence-electron chi connectivity index (χ1n) is 6.29. The zero-order valence-electron chi connectivity index (χ0n) is 11.8. The predicted octanol–water partition coefficient (Wildman–Crippen LogP) is 3.04. The molecule has 1 rings (SSSR count). The molecule has 0 aromatic heterocycles. The van der Waals surface area contributed by atoms with Crippen LogP contribution in [0.15, 0.2) is 17.0 Å². The highest BCUT2D eigenvalue weighted by Gasteiger charge is 2.28. The minimum Gasteiger partial charge on any atom is -0.398 e. The maximum atomic E-state index is 12.6. The fraction of sp³-hybridized carbons (Fsp3) is 0.538. The number of nitrogens with zero attached hydrogens (tertiary/aromatic N) is 1. The van der Waals surface area contributed by atoms with E-state index in [9.17, 15) is 8.42 Å². The number of nitrogens with two attached hydrogens (primary N) is 1. The average Bonchev–Trinajstić information content (AvgIpc) is 2.29. The lowest BCUT2D eigenvalue weighted by Crippen LogP contribution is -2.37. The third-order valence-corrected chi connectivity index (χ3v) is 5.47. The predicted molar refractivity (Wildman–Crippen MR) is 79.9 cm³/mol. The van der Waals surface area contributed by atoms with Gasteiger partial charge in [-0.05, 0) is 44.9 Å². The molecule has 0 saturated heterocycles. The molecule has 0 aliphatic rings. The van der Waals surface area contributed by atoms with Gasteiger partial charge in [0, 0.05) is 18.3 Å². The summed E-state index contributed by atoms with van der Waals surface area (Å²) < 4.78 is 26.7. The first kappa shape index (κ1) is 16.3. The van der Waals surface area contributed by atoms with E-state index in [1.165, 1.54) is 10.4 Å². The Morgan fingerprint density at radius 2 is 1.95 bits per heavy atom. The van der Waals surface area contributed by atoms with Crippen molar-refractivity contribution in [2.24, 2.45) is 0 Å². The summed E-state index contributed by atoms with van der Waals surface area (Å²) in [4.78, 5) is 0.0828. The van der Waals surface area contributed by atoms with Crippen LogP contribution in [-0.4, -0.2) is 25.3 Å². The van der Waals surface area contributed by atoms with Gasteiger partial charge in [0.2, 0.25) is 10.0 Å². The lowest BCUT2D eigenvalue weighted by molar-refractivity contribution is 0.354. The molecule has 4 nitrogen and oxygen atoms in total. The molecule has 0 spiro atoms. The summed E-state index contributed by atoms with van der Waals surface area (Å²) in [5.74, 6) is 0. The van der Waals surface area contributed by atoms with Crippen molar-refractivity contribution in [1.29, 1.82) is 0 Å². The fourth-order valence-corrected chi connectivity index (χ4v) is 4.19. The Bertz CT molecular complexity index is 556. The SMILES string of the molecule is CCCN(C(C)C)S(=O)(=O)c1cc(N)c(C)cc1Cl. The second-order valence-corrected chi connectivity index (χ2v) is 7.11. The van der Waals surface area contributed by atoms with Gasteiger partial charge < -0.3 is 5.73 Å². The molecule has 0 amide bonds. The number of aryl methyl sites for hydroxylation is 1. The molecule has 2 N–H and O–H groups in total. The first-order valence-corrected chi connectivity index (χ1v) is 8.11. The summed E-state index contributed by atoms with van der Waals surface area (Å²) in [6, 6.07) is 2.91. The van der Waals surface area contributed by atoms with Gasteiger partial charge in [-0.25, -0.2) is 8.42 Å². The normalized spacial score (nSPS) is 12.4. The fourth-order valence-electron chi connectivity index (χ4n) is 1.87. The van der Waals surface area contributed by atoms with Crippen molar-refractivity contribution >= 4 is 27.3 Å². The van der Waals surface area contributed by atoms with E-state index in [0.29, 0.717) is 12.2 Å². The second-order valence-electron chi connectivity index (χ2n) is 4.85. The molecule has 6 heteroatoms. The molecule has 1 aromatic rings. The van der Waals surface area contributed by atoms with Crippen LogP contribution in [0.1, 0.15) is 32.8 Å². The summed E-state index contributed by atoms with van der Waals surface area (Å²) in [5.41, 5.74) is 7.00. The maximum absolute atomic E-state index is 12.6. The van der Waals surface area contributed by atoms with E-state index in [0.717, 1.165) is 12.0 Å². The molecule has 0 aliphatic heterocycles. The van der Waals surface area contributed by atoms with Crippen molar-refractivity contribution in [3.63, 3.8) is 0 Å². The second kappa shape index (κ2) is 6.11. The number of anilines is 1. The van der Waals surface area contributed by atoms with Gasteiger partial charge in [0.25, 0.3) is 0 Å². The van der Waals surface area contributed by atoms with E-state index in [4.69, 9.17) is 17.3 Å². The lowest BCUT2D eigenvalue weighted by atomic mass is 10.2. The Balaban J connectivity index is 3.37.